The van der Waals surface area contributed by atoms with Crippen LogP contribution in [0.2, 0.25) is 0 Å². The Labute approximate surface area is 160 Å². The lowest BCUT2D eigenvalue weighted by molar-refractivity contribution is -0.137. The van der Waals surface area contributed by atoms with Crippen molar-refractivity contribution >= 4 is 11.8 Å². The molecular formula is C22H26N2O3. The van der Waals surface area contributed by atoms with E-state index in [1.807, 2.05) is 63.2 Å². The molecule has 1 aliphatic heterocycles. The first-order valence-electron chi connectivity index (χ1n) is 9.26. The third-order valence-electron chi connectivity index (χ3n) is 4.89. The summed E-state index contributed by atoms with van der Waals surface area (Å²) in [4.78, 5) is 26.9. The fraction of sp³-hybridized carbons (Fsp3) is 0.364. The van der Waals surface area contributed by atoms with Crippen molar-refractivity contribution in [1.82, 2.24) is 10.2 Å². The minimum atomic E-state index is -0.203. The van der Waals surface area contributed by atoms with Gasteiger partial charge in [0.15, 0.2) is 0 Å². The Morgan fingerprint density at radius 1 is 1.11 bits per heavy atom. The van der Waals surface area contributed by atoms with Crippen molar-refractivity contribution in [3.8, 4) is 0 Å². The number of aryl methyl sites for hydroxylation is 3. The quantitative estimate of drug-likeness (QED) is 0.905. The van der Waals surface area contributed by atoms with Gasteiger partial charge in [-0.3, -0.25) is 9.59 Å². The molecule has 2 amide bonds. The second kappa shape index (κ2) is 8.35. The number of benzene rings is 2. The number of hydrogen-bond acceptors (Lipinski definition) is 3. The van der Waals surface area contributed by atoms with E-state index in [-0.39, 0.29) is 24.5 Å². The number of nitrogens with one attached hydrogen (secondary N) is 1. The molecule has 5 heteroatoms. The number of nitrogens with zero attached hydrogens (tertiary/aromatic N) is 1. The summed E-state index contributed by atoms with van der Waals surface area (Å²) in [6, 6.07) is 13.9. The summed E-state index contributed by atoms with van der Waals surface area (Å²) in [5.74, 6) is -0.291. The summed E-state index contributed by atoms with van der Waals surface area (Å²) in [6.07, 6.45) is -0.124. The van der Waals surface area contributed by atoms with Gasteiger partial charge in [0, 0.05) is 12.1 Å². The van der Waals surface area contributed by atoms with Crippen LogP contribution >= 0.6 is 0 Å². The molecule has 0 saturated carbocycles. The number of ether oxygens (including phenoxy) is 1. The number of rotatable bonds is 4. The van der Waals surface area contributed by atoms with Gasteiger partial charge in [-0.25, -0.2) is 0 Å². The van der Waals surface area contributed by atoms with Crippen molar-refractivity contribution in [2.24, 2.45) is 0 Å². The third kappa shape index (κ3) is 4.55. The van der Waals surface area contributed by atoms with E-state index >= 15 is 0 Å². The SMILES string of the molecule is Cc1cc(C)c(C(=O)NCC(=O)N2CCOC(c3ccccc3)C2)c(C)c1. The minimum absolute atomic E-state index is 0.00685. The first kappa shape index (κ1) is 19.1. The molecule has 1 saturated heterocycles. The number of carbonyl (C=O) groups is 2. The molecule has 1 aliphatic rings. The van der Waals surface area contributed by atoms with Crippen LogP contribution < -0.4 is 5.32 Å². The van der Waals surface area contributed by atoms with Gasteiger partial charge in [-0.05, 0) is 37.5 Å². The number of amides is 2. The van der Waals surface area contributed by atoms with Crippen LogP contribution in [0.15, 0.2) is 42.5 Å². The van der Waals surface area contributed by atoms with Gasteiger partial charge in [-0.15, -0.1) is 0 Å². The van der Waals surface area contributed by atoms with Gasteiger partial charge in [0.2, 0.25) is 5.91 Å². The van der Waals surface area contributed by atoms with Crippen LogP contribution in [-0.2, 0) is 9.53 Å². The normalized spacial score (nSPS) is 16.9. The van der Waals surface area contributed by atoms with Gasteiger partial charge in [0.1, 0.15) is 6.10 Å². The Kier molecular flexibility index (Phi) is 5.91. The molecule has 0 aromatic heterocycles. The average Bonchev–Trinajstić information content (AvgIpc) is 2.66. The van der Waals surface area contributed by atoms with E-state index in [4.69, 9.17) is 4.74 Å². The van der Waals surface area contributed by atoms with E-state index in [0.717, 1.165) is 22.3 Å². The van der Waals surface area contributed by atoms with Crippen LogP contribution in [-0.4, -0.2) is 43.0 Å². The highest BCUT2D eigenvalue weighted by Gasteiger charge is 2.25. The molecule has 0 aliphatic carbocycles. The van der Waals surface area contributed by atoms with Crippen molar-refractivity contribution in [1.29, 1.82) is 0 Å². The number of carbonyl (C=O) groups excluding carboxylic acids is 2. The zero-order valence-corrected chi connectivity index (χ0v) is 16.1. The van der Waals surface area contributed by atoms with E-state index in [1.165, 1.54) is 0 Å². The average molecular weight is 366 g/mol. The minimum Gasteiger partial charge on any atom is -0.370 e. The molecule has 27 heavy (non-hydrogen) atoms. The lowest BCUT2D eigenvalue weighted by Crippen LogP contribution is -2.46. The molecular weight excluding hydrogens is 340 g/mol. The largest absolute Gasteiger partial charge is 0.370 e. The maximum Gasteiger partial charge on any atom is 0.252 e. The van der Waals surface area contributed by atoms with Gasteiger partial charge >= 0.3 is 0 Å². The van der Waals surface area contributed by atoms with Crippen molar-refractivity contribution in [3.05, 3.63) is 70.3 Å². The maximum atomic E-state index is 12.6. The monoisotopic (exact) mass is 366 g/mol. The van der Waals surface area contributed by atoms with Gasteiger partial charge in [-0.2, -0.15) is 0 Å². The Hall–Kier alpha value is -2.66. The predicted octanol–water partition coefficient (Wildman–Crippen LogP) is 2.94. The van der Waals surface area contributed by atoms with E-state index < -0.39 is 0 Å². The first-order valence-corrected chi connectivity index (χ1v) is 9.26. The van der Waals surface area contributed by atoms with E-state index in [9.17, 15) is 9.59 Å². The summed E-state index contributed by atoms with van der Waals surface area (Å²) in [5.41, 5.74) is 4.68. The molecule has 0 spiro atoms. The zero-order valence-electron chi connectivity index (χ0n) is 16.1. The summed E-state index contributed by atoms with van der Waals surface area (Å²) in [6.45, 7) is 7.38. The molecule has 0 radical (unpaired) electrons. The Morgan fingerprint density at radius 2 is 1.78 bits per heavy atom. The summed E-state index contributed by atoms with van der Waals surface area (Å²) in [7, 11) is 0. The summed E-state index contributed by atoms with van der Waals surface area (Å²) < 4.78 is 5.80. The highest BCUT2D eigenvalue weighted by Crippen LogP contribution is 2.22. The van der Waals surface area contributed by atoms with Crippen molar-refractivity contribution in [2.45, 2.75) is 26.9 Å². The van der Waals surface area contributed by atoms with Crippen molar-refractivity contribution < 1.29 is 14.3 Å². The highest BCUT2D eigenvalue weighted by molar-refractivity contribution is 5.99. The molecule has 1 atom stereocenters. The van der Waals surface area contributed by atoms with E-state index in [0.29, 0.717) is 25.3 Å². The van der Waals surface area contributed by atoms with Crippen LogP contribution in [0.1, 0.15) is 38.7 Å². The molecule has 5 nitrogen and oxygen atoms in total. The maximum absolute atomic E-state index is 12.6. The van der Waals surface area contributed by atoms with Crippen LogP contribution in [0.5, 0.6) is 0 Å². The Morgan fingerprint density at radius 3 is 2.44 bits per heavy atom. The van der Waals surface area contributed by atoms with Crippen LogP contribution in [0.4, 0.5) is 0 Å². The molecule has 2 aromatic rings. The molecule has 1 fully saturated rings. The van der Waals surface area contributed by atoms with Gasteiger partial charge in [0.05, 0.1) is 19.7 Å². The summed E-state index contributed by atoms with van der Waals surface area (Å²) >= 11 is 0. The molecule has 2 aromatic carbocycles. The smallest absolute Gasteiger partial charge is 0.252 e. The molecule has 0 bridgehead atoms. The molecule has 1 N–H and O–H groups in total. The van der Waals surface area contributed by atoms with Gasteiger partial charge in [-0.1, -0.05) is 48.0 Å². The Balaban J connectivity index is 1.60. The van der Waals surface area contributed by atoms with Crippen molar-refractivity contribution in [2.75, 3.05) is 26.2 Å². The topological polar surface area (TPSA) is 58.6 Å². The fourth-order valence-corrected chi connectivity index (χ4v) is 3.64. The van der Waals surface area contributed by atoms with E-state index in [2.05, 4.69) is 5.32 Å². The summed E-state index contributed by atoms with van der Waals surface area (Å²) in [5, 5.41) is 2.78. The zero-order chi connectivity index (χ0) is 19.4. The van der Waals surface area contributed by atoms with Gasteiger partial charge in [0.25, 0.3) is 5.91 Å². The molecule has 1 unspecified atom stereocenters. The first-order chi connectivity index (χ1) is 13.0. The number of hydrogen-bond donors (Lipinski definition) is 1. The van der Waals surface area contributed by atoms with E-state index in [1.54, 1.807) is 4.90 Å². The molecule has 1 heterocycles. The standard InChI is InChI=1S/C22H26N2O3/c1-15-11-16(2)21(17(3)12-15)22(26)23-13-20(25)24-9-10-27-19(14-24)18-7-5-4-6-8-18/h4-8,11-12,19H,9-10,13-14H2,1-3H3,(H,23,26). The third-order valence-corrected chi connectivity index (χ3v) is 4.89. The molecule has 3 rings (SSSR count). The van der Waals surface area contributed by atoms with Crippen molar-refractivity contribution in [3.63, 3.8) is 0 Å². The lowest BCUT2D eigenvalue weighted by atomic mass is 9.99. The molecule has 142 valence electrons. The second-order valence-electron chi connectivity index (χ2n) is 7.07. The fourth-order valence-electron chi connectivity index (χ4n) is 3.64. The number of morpholine rings is 1. The van der Waals surface area contributed by atoms with Crippen LogP contribution in [0.3, 0.4) is 0 Å². The lowest BCUT2D eigenvalue weighted by Gasteiger charge is -2.33. The van der Waals surface area contributed by atoms with Crippen LogP contribution in [0.25, 0.3) is 0 Å². The van der Waals surface area contributed by atoms with Gasteiger partial charge < -0.3 is 15.0 Å². The highest BCUT2D eigenvalue weighted by atomic mass is 16.5. The Bertz CT molecular complexity index is 810. The van der Waals surface area contributed by atoms with Crippen LogP contribution in [0, 0.1) is 20.8 Å². The second-order valence-corrected chi connectivity index (χ2v) is 7.07. The predicted molar refractivity (Wildman–Crippen MR) is 105 cm³/mol.